The number of urea groups is 1. The van der Waals surface area contributed by atoms with Crippen LogP contribution in [0, 0.1) is 5.41 Å². The molecule has 0 spiro atoms. The first-order valence-corrected chi connectivity index (χ1v) is 8.02. The first-order valence-electron chi connectivity index (χ1n) is 8.02. The van der Waals surface area contributed by atoms with E-state index in [1.165, 1.54) is 11.0 Å². The van der Waals surface area contributed by atoms with E-state index in [2.05, 4.69) is 5.32 Å². The molecule has 0 atom stereocenters. The van der Waals surface area contributed by atoms with Crippen LogP contribution in [0.1, 0.15) is 19.4 Å². The molecule has 1 aromatic rings. The summed E-state index contributed by atoms with van der Waals surface area (Å²) in [5.41, 5.74) is 0.640. The Balaban J connectivity index is 2.62. The monoisotopic (exact) mass is 350 g/mol. The molecule has 0 fully saturated rings. The highest BCUT2D eigenvalue weighted by Gasteiger charge is 2.26. The number of anilines is 1. The zero-order valence-corrected chi connectivity index (χ0v) is 14.9. The molecule has 7 heteroatoms. The van der Waals surface area contributed by atoms with Crippen molar-refractivity contribution in [1.29, 1.82) is 0 Å². The zero-order valence-electron chi connectivity index (χ0n) is 14.9. The van der Waals surface area contributed by atoms with E-state index in [4.69, 9.17) is 4.74 Å². The molecule has 0 aliphatic heterocycles. The van der Waals surface area contributed by atoms with Crippen molar-refractivity contribution in [3.05, 3.63) is 35.9 Å². The Kier molecular flexibility index (Phi) is 8.10. The molecule has 0 aromatic heterocycles. The van der Waals surface area contributed by atoms with Crippen molar-refractivity contribution in [2.24, 2.45) is 5.41 Å². The first kappa shape index (κ1) is 20.7. The average Bonchev–Trinajstić information content (AvgIpc) is 2.61. The number of amides is 2. The van der Waals surface area contributed by atoms with Crippen molar-refractivity contribution in [1.82, 2.24) is 4.90 Å². The highest BCUT2D eigenvalue weighted by molar-refractivity contribution is 5.90. The van der Waals surface area contributed by atoms with Crippen LogP contribution in [0.4, 0.5) is 10.5 Å². The van der Waals surface area contributed by atoms with E-state index in [-0.39, 0.29) is 25.8 Å². The molecule has 0 aliphatic carbocycles. The molecule has 2 amide bonds. The number of aliphatic hydroxyl groups excluding tert-OH is 2. The maximum Gasteiger partial charge on any atom is 0.330 e. The van der Waals surface area contributed by atoms with E-state index < -0.39 is 11.4 Å². The smallest absolute Gasteiger partial charge is 0.330 e. The molecule has 138 valence electrons. The predicted octanol–water partition coefficient (Wildman–Crippen LogP) is 1.72. The van der Waals surface area contributed by atoms with Crippen LogP contribution in [0.15, 0.2) is 30.3 Å². The van der Waals surface area contributed by atoms with Crippen molar-refractivity contribution in [3.63, 3.8) is 0 Å². The summed E-state index contributed by atoms with van der Waals surface area (Å²) >= 11 is 0. The van der Waals surface area contributed by atoms with E-state index in [0.29, 0.717) is 12.3 Å². The first-order chi connectivity index (χ1) is 11.8. The van der Waals surface area contributed by atoms with Gasteiger partial charge in [-0.1, -0.05) is 19.1 Å². The highest BCUT2D eigenvalue weighted by atomic mass is 16.5. The molecule has 1 rings (SSSR count). The third kappa shape index (κ3) is 6.94. The molecule has 7 nitrogen and oxygen atoms in total. The Morgan fingerprint density at radius 1 is 1.24 bits per heavy atom. The summed E-state index contributed by atoms with van der Waals surface area (Å²) in [6.45, 7) is 3.54. The van der Waals surface area contributed by atoms with Crippen LogP contribution in [-0.4, -0.2) is 60.5 Å². The maximum atomic E-state index is 12.2. The van der Waals surface area contributed by atoms with E-state index in [1.54, 1.807) is 51.2 Å². The summed E-state index contributed by atoms with van der Waals surface area (Å²) in [4.78, 5) is 24.8. The number of hydrogen-bond acceptors (Lipinski definition) is 5. The number of hydrogen-bond donors (Lipinski definition) is 3. The zero-order chi connectivity index (χ0) is 18.9. The van der Waals surface area contributed by atoms with Gasteiger partial charge in [0.2, 0.25) is 0 Å². The summed E-state index contributed by atoms with van der Waals surface area (Å²) in [5, 5.41) is 21.3. The summed E-state index contributed by atoms with van der Waals surface area (Å²) in [6.07, 6.45) is 2.97. The number of esters is 1. The van der Waals surface area contributed by atoms with Crippen LogP contribution in [0.5, 0.6) is 0 Å². The lowest BCUT2D eigenvalue weighted by Crippen LogP contribution is -2.43. The quantitative estimate of drug-likeness (QED) is 0.490. The van der Waals surface area contributed by atoms with Crippen LogP contribution in [0.25, 0.3) is 6.08 Å². The van der Waals surface area contributed by atoms with Gasteiger partial charge in [0, 0.05) is 30.8 Å². The van der Waals surface area contributed by atoms with Gasteiger partial charge in [0.25, 0.3) is 0 Å². The molecular formula is C18H26N2O5. The fraction of sp³-hybridized carbons (Fsp3) is 0.444. The second kappa shape index (κ2) is 9.80. The van der Waals surface area contributed by atoms with Gasteiger partial charge in [-0.05, 0) is 30.7 Å². The Morgan fingerprint density at radius 2 is 1.84 bits per heavy atom. The average molecular weight is 350 g/mol. The van der Waals surface area contributed by atoms with Gasteiger partial charge >= 0.3 is 12.0 Å². The molecule has 0 aliphatic rings. The van der Waals surface area contributed by atoms with E-state index in [9.17, 15) is 19.8 Å². The summed E-state index contributed by atoms with van der Waals surface area (Å²) < 4.78 is 4.80. The van der Waals surface area contributed by atoms with E-state index >= 15 is 0 Å². The fourth-order valence-electron chi connectivity index (χ4n) is 2.05. The summed E-state index contributed by atoms with van der Waals surface area (Å²) in [7, 11) is 1.59. The minimum absolute atomic E-state index is 0.214. The number of rotatable bonds is 8. The van der Waals surface area contributed by atoms with Crippen LogP contribution >= 0.6 is 0 Å². The Bertz CT molecular complexity index is 594. The molecular weight excluding hydrogens is 324 g/mol. The lowest BCUT2D eigenvalue weighted by Gasteiger charge is -2.30. The molecule has 0 saturated carbocycles. The third-order valence-corrected chi connectivity index (χ3v) is 3.59. The molecule has 0 unspecified atom stereocenters. The summed E-state index contributed by atoms with van der Waals surface area (Å²) in [6, 6.07) is 6.61. The number of benzene rings is 1. The molecule has 0 heterocycles. The van der Waals surface area contributed by atoms with Crippen molar-refractivity contribution in [3.8, 4) is 0 Å². The van der Waals surface area contributed by atoms with Gasteiger partial charge < -0.3 is 25.2 Å². The molecule has 3 N–H and O–H groups in total. The van der Waals surface area contributed by atoms with Crippen molar-refractivity contribution >= 4 is 23.8 Å². The Labute approximate surface area is 147 Å². The topological polar surface area (TPSA) is 99.1 Å². The van der Waals surface area contributed by atoms with Crippen LogP contribution in [0.2, 0.25) is 0 Å². The number of carbonyl (C=O) groups excluding carboxylic acids is 2. The van der Waals surface area contributed by atoms with E-state index in [0.717, 1.165) is 5.56 Å². The van der Waals surface area contributed by atoms with Crippen molar-refractivity contribution in [2.45, 2.75) is 13.8 Å². The van der Waals surface area contributed by atoms with Gasteiger partial charge in [-0.25, -0.2) is 9.59 Å². The molecule has 0 saturated heterocycles. The lowest BCUT2D eigenvalue weighted by atomic mass is 9.92. The fourth-order valence-corrected chi connectivity index (χ4v) is 2.05. The number of nitrogens with one attached hydrogen (secondary N) is 1. The molecule has 1 aromatic carbocycles. The maximum absolute atomic E-state index is 12.2. The van der Waals surface area contributed by atoms with Gasteiger partial charge in [-0.3, -0.25) is 0 Å². The van der Waals surface area contributed by atoms with Gasteiger partial charge in [0.05, 0.1) is 19.8 Å². The van der Waals surface area contributed by atoms with Gasteiger partial charge in [-0.2, -0.15) is 0 Å². The van der Waals surface area contributed by atoms with Crippen LogP contribution in [-0.2, 0) is 9.53 Å². The number of nitrogens with zero attached hydrogens (tertiary/aromatic N) is 1. The van der Waals surface area contributed by atoms with Gasteiger partial charge in [-0.15, -0.1) is 0 Å². The normalized spacial score (nSPS) is 11.4. The summed E-state index contributed by atoms with van der Waals surface area (Å²) in [5.74, 6) is -0.405. The standard InChI is InChI=1S/C18H26N2O5/c1-4-25-16(23)10-7-14-5-8-15(9-6-14)19-17(24)20(3)11-18(2,12-21)13-22/h5-10,21-22H,4,11-13H2,1-3H3,(H,19,24). The highest BCUT2D eigenvalue weighted by Crippen LogP contribution is 2.17. The number of aliphatic hydroxyl groups is 2. The van der Waals surface area contributed by atoms with Crippen molar-refractivity contribution in [2.75, 3.05) is 38.7 Å². The SMILES string of the molecule is CCOC(=O)C=Cc1ccc(NC(=O)N(C)CC(C)(CO)CO)cc1. The third-order valence-electron chi connectivity index (χ3n) is 3.59. The minimum Gasteiger partial charge on any atom is -0.463 e. The second-order valence-corrected chi connectivity index (χ2v) is 6.12. The largest absolute Gasteiger partial charge is 0.463 e. The van der Waals surface area contributed by atoms with Crippen LogP contribution in [0.3, 0.4) is 0 Å². The Hall–Kier alpha value is -2.38. The second-order valence-electron chi connectivity index (χ2n) is 6.12. The molecule has 0 radical (unpaired) electrons. The molecule has 25 heavy (non-hydrogen) atoms. The van der Waals surface area contributed by atoms with Gasteiger partial charge in [0.1, 0.15) is 0 Å². The minimum atomic E-state index is -0.756. The number of carbonyl (C=O) groups is 2. The predicted molar refractivity (Wildman–Crippen MR) is 96.0 cm³/mol. The van der Waals surface area contributed by atoms with E-state index in [1.807, 2.05) is 0 Å². The van der Waals surface area contributed by atoms with Crippen molar-refractivity contribution < 1.29 is 24.5 Å². The van der Waals surface area contributed by atoms with Crippen LogP contribution < -0.4 is 5.32 Å². The number of ether oxygens (including phenoxy) is 1. The molecule has 0 bridgehead atoms. The Morgan fingerprint density at radius 3 is 2.36 bits per heavy atom. The van der Waals surface area contributed by atoms with Gasteiger partial charge in [0.15, 0.2) is 0 Å². The lowest BCUT2D eigenvalue weighted by molar-refractivity contribution is -0.137.